The minimum atomic E-state index is -2.37. The van der Waals surface area contributed by atoms with E-state index in [-0.39, 0.29) is 6.29 Å². The van der Waals surface area contributed by atoms with Crippen LogP contribution in [0.2, 0.25) is 0 Å². The Morgan fingerprint density at radius 1 is 0.745 bits per heavy atom. The standard InChI is InChI=1S/C12H22O11.2C6H12O6/c13-1-4-6(16)7(17)8(18)11(21-4)22-9-5(2-14)23-12(20,3-15)10(9)19;2*7-1-3(9)5(11)6(12)4(10)2-8/h4-11,13-20H,1-3H2;3,5-9,11-12H,1-2H2;1,3-6,8-12H,2H2/t4-,5-,6+,7+,8-,9-,10+,11+,12-;3-,5+,6-;3-,4+,5+,6-/m110/s1. The van der Waals surface area contributed by atoms with E-state index in [1.54, 1.807) is 0 Å². The summed E-state index contributed by atoms with van der Waals surface area (Å²) in [7, 11) is 0. The molecule has 280 valence electrons. The van der Waals surface area contributed by atoms with E-state index in [4.69, 9.17) is 75.5 Å². The molecule has 0 aliphatic carbocycles. The van der Waals surface area contributed by atoms with Gasteiger partial charge in [-0.1, -0.05) is 0 Å². The molecule has 0 unspecified atom stereocenters. The van der Waals surface area contributed by atoms with E-state index in [9.17, 15) is 40.2 Å². The van der Waals surface area contributed by atoms with Gasteiger partial charge in [0.25, 0.3) is 0 Å². The van der Waals surface area contributed by atoms with Crippen molar-refractivity contribution in [3.8, 4) is 0 Å². The second-order valence-corrected chi connectivity index (χ2v) is 10.3. The van der Waals surface area contributed by atoms with Crippen LogP contribution in [0.5, 0.6) is 0 Å². The molecule has 2 saturated heterocycles. The smallest absolute Gasteiger partial charge is 0.219 e. The molecular weight excluding hydrogens is 656 g/mol. The van der Waals surface area contributed by atoms with Crippen LogP contribution in [0.4, 0.5) is 0 Å². The third-order valence-corrected chi connectivity index (χ3v) is 6.85. The van der Waals surface area contributed by atoms with E-state index in [0.29, 0.717) is 0 Å². The number of Topliss-reactive ketones (excluding diaryl/α,β-unsaturated/α-hetero) is 1. The summed E-state index contributed by atoms with van der Waals surface area (Å²) in [5.74, 6) is -3.37. The Kier molecular flexibility index (Phi) is 20.9. The predicted molar refractivity (Wildman–Crippen MR) is 143 cm³/mol. The lowest BCUT2D eigenvalue weighted by Gasteiger charge is -2.41. The predicted octanol–water partition coefficient (Wildman–Crippen LogP) is -12.2. The molecule has 2 rings (SSSR count). The van der Waals surface area contributed by atoms with E-state index in [2.05, 4.69) is 0 Å². The molecule has 2 aliphatic heterocycles. The van der Waals surface area contributed by atoms with Gasteiger partial charge in [0.15, 0.2) is 18.4 Å². The van der Waals surface area contributed by atoms with Crippen molar-refractivity contribution in [2.75, 3.05) is 39.6 Å². The number of aliphatic hydroxyl groups is 18. The molecule has 0 saturated carbocycles. The van der Waals surface area contributed by atoms with Crippen LogP contribution in [0.15, 0.2) is 0 Å². The SMILES string of the molecule is O=C(CO)[C@@H](O)[C@@H](O)[C@H](O)CO.O=C[C@H](O)[C@@H](O)[C@@H](O)[C@H](O)CO.OC[C@H]1O[C@@H](O[C@@H]2[C@@H](CO)O[C@](O)(CO)[C@H]2O)[C@H](O)[C@@H](O)[C@H]1O. The van der Waals surface area contributed by atoms with Crippen molar-refractivity contribution < 1.29 is 116 Å². The van der Waals surface area contributed by atoms with Crippen molar-refractivity contribution >= 4 is 12.1 Å². The molecule has 47 heavy (non-hydrogen) atoms. The highest BCUT2D eigenvalue weighted by Crippen LogP contribution is 2.33. The minimum absolute atomic E-state index is 0.0258. The summed E-state index contributed by atoms with van der Waals surface area (Å²) in [5, 5.41) is 163. The fourth-order valence-corrected chi connectivity index (χ4v) is 3.85. The molecule has 2 aliphatic rings. The molecule has 2 fully saturated rings. The highest BCUT2D eigenvalue weighted by Gasteiger charge is 2.56. The van der Waals surface area contributed by atoms with Crippen LogP contribution in [0.3, 0.4) is 0 Å². The number of ketones is 1. The summed E-state index contributed by atoms with van der Waals surface area (Å²) in [5.41, 5.74) is 0. The van der Waals surface area contributed by atoms with Crippen LogP contribution < -0.4 is 0 Å². The Bertz CT molecular complexity index is 882. The molecule has 0 aromatic rings. The second-order valence-electron chi connectivity index (χ2n) is 10.3. The number of hydrogen-bond donors (Lipinski definition) is 18. The normalized spacial score (nSPS) is 35.1. The van der Waals surface area contributed by atoms with Crippen molar-refractivity contribution in [1.82, 2.24) is 0 Å². The van der Waals surface area contributed by atoms with Crippen LogP contribution in [-0.4, -0.2) is 241 Å². The first-order chi connectivity index (χ1) is 21.9. The molecule has 16 atom stereocenters. The van der Waals surface area contributed by atoms with Crippen LogP contribution in [-0.2, 0) is 23.8 Å². The van der Waals surface area contributed by atoms with Gasteiger partial charge in [-0.15, -0.1) is 0 Å². The van der Waals surface area contributed by atoms with Gasteiger partial charge >= 0.3 is 0 Å². The van der Waals surface area contributed by atoms with Crippen molar-refractivity contribution in [1.29, 1.82) is 0 Å². The molecule has 18 N–H and O–H groups in total. The molecular formula is C24H46O23. The van der Waals surface area contributed by atoms with Crippen molar-refractivity contribution in [2.45, 2.75) is 97.5 Å². The van der Waals surface area contributed by atoms with Crippen molar-refractivity contribution in [3.63, 3.8) is 0 Å². The summed E-state index contributed by atoms with van der Waals surface area (Å²) >= 11 is 0. The van der Waals surface area contributed by atoms with Gasteiger partial charge in [0.2, 0.25) is 5.79 Å². The van der Waals surface area contributed by atoms with Gasteiger partial charge in [0, 0.05) is 0 Å². The van der Waals surface area contributed by atoms with Crippen LogP contribution >= 0.6 is 0 Å². The Morgan fingerprint density at radius 3 is 1.68 bits per heavy atom. The molecule has 0 spiro atoms. The van der Waals surface area contributed by atoms with E-state index in [1.165, 1.54) is 0 Å². The van der Waals surface area contributed by atoms with Crippen LogP contribution in [0.25, 0.3) is 0 Å². The van der Waals surface area contributed by atoms with E-state index in [1.807, 2.05) is 0 Å². The number of ether oxygens (including phenoxy) is 3. The third kappa shape index (κ3) is 12.4. The topological polar surface area (TPSA) is 426 Å². The first-order valence-corrected chi connectivity index (χ1v) is 13.7. The minimum Gasteiger partial charge on any atom is -0.394 e. The summed E-state index contributed by atoms with van der Waals surface area (Å²) in [6.07, 6.45) is -24.3. The first kappa shape index (κ1) is 45.5. The summed E-state index contributed by atoms with van der Waals surface area (Å²) in [6, 6.07) is 0. The molecule has 23 heteroatoms. The Morgan fingerprint density at radius 2 is 1.26 bits per heavy atom. The lowest BCUT2D eigenvalue weighted by Crippen LogP contribution is -2.60. The van der Waals surface area contributed by atoms with Gasteiger partial charge in [-0.05, 0) is 0 Å². The van der Waals surface area contributed by atoms with Gasteiger partial charge in [-0.2, -0.15) is 0 Å². The molecule has 2 heterocycles. The Labute approximate surface area is 265 Å². The number of hydrogen-bond acceptors (Lipinski definition) is 23. The van der Waals surface area contributed by atoms with Crippen molar-refractivity contribution in [2.24, 2.45) is 0 Å². The maximum atomic E-state index is 10.5. The number of aliphatic hydroxyl groups excluding tert-OH is 17. The highest BCUT2D eigenvalue weighted by atomic mass is 16.7. The lowest BCUT2D eigenvalue weighted by atomic mass is 9.99. The fraction of sp³-hybridized carbons (Fsp3) is 0.917. The lowest BCUT2D eigenvalue weighted by molar-refractivity contribution is -0.318. The zero-order valence-electron chi connectivity index (χ0n) is 24.6. The highest BCUT2D eigenvalue weighted by molar-refractivity contribution is 5.84. The monoisotopic (exact) mass is 702 g/mol. The number of rotatable bonds is 15. The maximum absolute atomic E-state index is 10.5. The quantitative estimate of drug-likeness (QED) is 0.0704. The zero-order valence-corrected chi connectivity index (χ0v) is 24.6. The van der Waals surface area contributed by atoms with Gasteiger partial charge in [0.1, 0.15) is 92.1 Å². The van der Waals surface area contributed by atoms with Crippen LogP contribution in [0, 0.1) is 0 Å². The fourth-order valence-electron chi connectivity index (χ4n) is 3.85. The average molecular weight is 703 g/mol. The van der Waals surface area contributed by atoms with Gasteiger partial charge in [0.05, 0.1) is 33.0 Å². The molecule has 0 amide bonds. The van der Waals surface area contributed by atoms with Gasteiger partial charge < -0.3 is 111 Å². The molecule has 0 radical (unpaired) electrons. The second kappa shape index (κ2) is 21.6. The van der Waals surface area contributed by atoms with E-state index >= 15 is 0 Å². The maximum Gasteiger partial charge on any atom is 0.219 e. The van der Waals surface area contributed by atoms with Crippen LogP contribution in [0.1, 0.15) is 0 Å². The Balaban J connectivity index is 0.000000749. The van der Waals surface area contributed by atoms with E-state index < -0.39 is 143 Å². The molecule has 0 bridgehead atoms. The molecule has 0 aromatic carbocycles. The van der Waals surface area contributed by atoms with E-state index in [0.717, 1.165) is 0 Å². The largest absolute Gasteiger partial charge is 0.394 e. The average Bonchev–Trinajstić information content (AvgIpc) is 3.34. The summed E-state index contributed by atoms with van der Waals surface area (Å²) in [6.45, 7) is -4.77. The number of carbonyl (C=O) groups is 2. The summed E-state index contributed by atoms with van der Waals surface area (Å²) in [4.78, 5) is 20.4. The molecule has 23 nitrogen and oxygen atoms in total. The Hall–Kier alpha value is -1.50. The summed E-state index contributed by atoms with van der Waals surface area (Å²) < 4.78 is 15.3. The molecule has 0 aromatic heterocycles. The van der Waals surface area contributed by atoms with Gasteiger partial charge in [-0.3, -0.25) is 4.79 Å². The van der Waals surface area contributed by atoms with Gasteiger partial charge in [-0.25, -0.2) is 0 Å². The number of aldehydes is 1. The third-order valence-electron chi connectivity index (χ3n) is 6.85. The number of carbonyl (C=O) groups excluding carboxylic acids is 2. The zero-order chi connectivity index (χ0) is 36.8. The van der Waals surface area contributed by atoms with Crippen molar-refractivity contribution in [3.05, 3.63) is 0 Å². The first-order valence-electron chi connectivity index (χ1n) is 13.7.